The summed E-state index contributed by atoms with van der Waals surface area (Å²) < 4.78 is 65.4. The number of halogens is 2. The molecule has 14 nitrogen and oxygen atoms in total. The van der Waals surface area contributed by atoms with Crippen LogP contribution in [0.1, 0.15) is 0 Å². The van der Waals surface area contributed by atoms with Crippen molar-refractivity contribution in [2.24, 2.45) is 0 Å². The van der Waals surface area contributed by atoms with E-state index in [0.29, 0.717) is 0 Å². The molecule has 6 rings (SSSR count). The number of hydrogen-bond acceptors (Lipinski definition) is 14. The van der Waals surface area contributed by atoms with E-state index in [0.717, 1.165) is 34.2 Å². The van der Waals surface area contributed by atoms with Crippen molar-refractivity contribution >= 4 is 0 Å². The third kappa shape index (κ3) is 18.7. The SMILES string of the molecule is [O-][Cl+3]([O-])([O-])O.[O-][Cl+3]([O-])([O-])O.c1ccc(-c2ccccn2)nc1.c1ccc(-c2ccccn2)nc1.c1ccc(-c2ccccn2)nc1. The van der Waals surface area contributed by atoms with Gasteiger partial charge in [-0.3, -0.25) is 29.9 Å². The first-order valence-corrected chi connectivity index (χ1v) is 15.2. The zero-order valence-electron chi connectivity index (χ0n) is 23.6. The summed E-state index contributed by atoms with van der Waals surface area (Å²) in [7, 11) is -9.39. The van der Waals surface area contributed by atoms with Gasteiger partial charge < -0.3 is 0 Å². The molecule has 0 amide bonds. The summed E-state index contributed by atoms with van der Waals surface area (Å²) in [5, 5.41) is 0. The Bertz CT molecular complexity index is 1290. The molecule has 238 valence electrons. The summed E-state index contributed by atoms with van der Waals surface area (Å²) in [6.45, 7) is 0. The molecule has 0 aromatic carbocycles. The van der Waals surface area contributed by atoms with Crippen LogP contribution in [-0.4, -0.2) is 39.2 Å². The van der Waals surface area contributed by atoms with Crippen LogP contribution in [0, 0.1) is 20.5 Å². The predicted molar refractivity (Wildman–Crippen MR) is 147 cm³/mol. The summed E-state index contributed by atoms with van der Waals surface area (Å²) >= 11 is 0. The van der Waals surface area contributed by atoms with Crippen molar-refractivity contribution < 1.29 is 57.8 Å². The van der Waals surface area contributed by atoms with Gasteiger partial charge >= 0.3 is 0 Å². The maximum Gasteiger partial charge on any atom is 0.0886 e. The molecule has 0 aliphatic heterocycles. The minimum absolute atomic E-state index is 0.915. The smallest absolute Gasteiger partial charge is 0.0886 e. The molecule has 16 heteroatoms. The number of rotatable bonds is 3. The molecule has 6 aromatic heterocycles. The second-order valence-electron chi connectivity index (χ2n) is 8.08. The Labute approximate surface area is 267 Å². The first-order chi connectivity index (χ1) is 21.9. The van der Waals surface area contributed by atoms with Gasteiger partial charge in [-0.2, -0.15) is 28.0 Å². The molecular weight excluding hydrogens is 643 g/mol. The minimum Gasteiger partial charge on any atom is -0.255 e. The van der Waals surface area contributed by atoms with E-state index in [4.69, 9.17) is 37.3 Å². The van der Waals surface area contributed by atoms with E-state index in [1.807, 2.05) is 109 Å². The van der Waals surface area contributed by atoms with Gasteiger partial charge in [0.1, 0.15) is 0 Å². The van der Waals surface area contributed by atoms with Crippen molar-refractivity contribution in [1.82, 2.24) is 29.9 Å². The maximum absolute atomic E-state index is 8.60. The Balaban J connectivity index is 0.000000210. The minimum atomic E-state index is -4.69. The average molecular weight is 669 g/mol. The van der Waals surface area contributed by atoms with Crippen molar-refractivity contribution in [1.29, 1.82) is 0 Å². The predicted octanol–water partition coefficient (Wildman–Crippen LogP) is -1.82. The van der Waals surface area contributed by atoms with Gasteiger partial charge in [0, 0.05) is 37.2 Å². The van der Waals surface area contributed by atoms with Gasteiger partial charge in [-0.15, -0.1) is 0 Å². The highest BCUT2D eigenvalue weighted by molar-refractivity contribution is 5.54. The molecule has 0 spiro atoms. The Morgan fingerprint density at radius 1 is 0.304 bits per heavy atom. The third-order valence-corrected chi connectivity index (χ3v) is 4.78. The van der Waals surface area contributed by atoms with E-state index >= 15 is 0 Å². The average Bonchev–Trinajstić information content (AvgIpc) is 3.06. The quantitative estimate of drug-likeness (QED) is 0.210. The van der Waals surface area contributed by atoms with Crippen molar-refractivity contribution in [2.75, 3.05) is 0 Å². The lowest BCUT2D eigenvalue weighted by Crippen LogP contribution is -2.58. The first-order valence-electron chi connectivity index (χ1n) is 12.6. The fraction of sp³-hybridized carbons (Fsp3) is 0. The lowest BCUT2D eigenvalue weighted by Gasteiger charge is -2.03. The van der Waals surface area contributed by atoms with E-state index in [1.54, 1.807) is 37.2 Å². The van der Waals surface area contributed by atoms with Crippen LogP contribution in [0.2, 0.25) is 0 Å². The Kier molecular flexibility index (Phi) is 16.4. The molecule has 0 unspecified atom stereocenters. The van der Waals surface area contributed by atoms with E-state index in [-0.39, 0.29) is 0 Å². The Morgan fingerprint density at radius 3 is 0.522 bits per heavy atom. The molecule has 2 N–H and O–H groups in total. The molecule has 6 aromatic rings. The highest BCUT2D eigenvalue weighted by Crippen LogP contribution is 2.12. The van der Waals surface area contributed by atoms with E-state index in [9.17, 15) is 0 Å². The molecule has 0 aliphatic rings. The summed E-state index contributed by atoms with van der Waals surface area (Å²) in [5.74, 6) is 0. The van der Waals surface area contributed by atoms with Crippen molar-refractivity contribution in [3.8, 4) is 34.2 Å². The van der Waals surface area contributed by atoms with Crippen LogP contribution in [-0.2, 0) is 0 Å². The number of nitrogens with zero attached hydrogens (tertiary/aromatic N) is 6. The summed E-state index contributed by atoms with van der Waals surface area (Å²) in [6, 6.07) is 34.8. The standard InChI is InChI=1S/3C10H8N2.2ClHO4/c3*1-3-7-11-9(5-1)10-6-2-4-8-12-10;2*2-1(3,4)5/h3*1-8H;2*(H,2,3,4,5). The molecule has 0 atom stereocenters. The normalized spacial score (nSPS) is 10.2. The Morgan fingerprint density at radius 2 is 0.435 bits per heavy atom. The van der Waals surface area contributed by atoms with Crippen LogP contribution in [0.15, 0.2) is 146 Å². The summed E-state index contributed by atoms with van der Waals surface area (Å²) in [5.41, 5.74) is 5.49. The van der Waals surface area contributed by atoms with Gasteiger partial charge in [-0.25, -0.2) is 0 Å². The van der Waals surface area contributed by atoms with Crippen LogP contribution >= 0.6 is 0 Å². The number of hydrogen-bond donors (Lipinski definition) is 2. The van der Waals surface area contributed by atoms with Crippen LogP contribution in [0.3, 0.4) is 0 Å². The monoisotopic (exact) mass is 668 g/mol. The first kappa shape index (κ1) is 37.3. The fourth-order valence-corrected chi connectivity index (χ4v) is 3.09. The van der Waals surface area contributed by atoms with Crippen molar-refractivity contribution in [3.63, 3.8) is 0 Å². The molecule has 0 aliphatic carbocycles. The van der Waals surface area contributed by atoms with Gasteiger partial charge in [0.25, 0.3) is 0 Å². The van der Waals surface area contributed by atoms with Gasteiger partial charge in [0.2, 0.25) is 0 Å². The third-order valence-electron chi connectivity index (χ3n) is 4.78. The van der Waals surface area contributed by atoms with Crippen LogP contribution in [0.4, 0.5) is 0 Å². The van der Waals surface area contributed by atoms with Crippen molar-refractivity contribution in [3.05, 3.63) is 146 Å². The van der Waals surface area contributed by atoms with Crippen LogP contribution < -0.4 is 28.0 Å². The van der Waals surface area contributed by atoms with Crippen LogP contribution in [0.25, 0.3) is 34.2 Å². The van der Waals surface area contributed by atoms with Gasteiger partial charge in [-0.1, -0.05) is 36.4 Å². The highest BCUT2D eigenvalue weighted by Gasteiger charge is 2.00. The van der Waals surface area contributed by atoms with Gasteiger partial charge in [0.15, 0.2) is 0 Å². The van der Waals surface area contributed by atoms with Crippen LogP contribution in [0.5, 0.6) is 0 Å². The zero-order chi connectivity index (χ0) is 33.7. The lowest BCUT2D eigenvalue weighted by atomic mass is 10.2. The molecular formula is C30H26Cl2N6O8. The largest absolute Gasteiger partial charge is 0.255 e. The summed E-state index contributed by atoms with van der Waals surface area (Å²) in [4.78, 5) is 25.1. The molecule has 0 saturated heterocycles. The van der Waals surface area contributed by atoms with Gasteiger partial charge in [0.05, 0.1) is 64.0 Å². The molecule has 6 heterocycles. The van der Waals surface area contributed by atoms with Crippen molar-refractivity contribution in [2.45, 2.75) is 0 Å². The van der Waals surface area contributed by atoms with E-state index in [2.05, 4.69) is 29.9 Å². The molecule has 46 heavy (non-hydrogen) atoms. The molecule has 0 fully saturated rings. The Hall–Kier alpha value is -4.84. The zero-order valence-corrected chi connectivity index (χ0v) is 25.2. The summed E-state index contributed by atoms with van der Waals surface area (Å²) in [6.07, 6.45) is 10.6. The molecule has 0 saturated carbocycles. The maximum atomic E-state index is 8.60. The fourth-order valence-electron chi connectivity index (χ4n) is 3.09. The molecule has 0 radical (unpaired) electrons. The highest BCUT2D eigenvalue weighted by atomic mass is 35.7. The number of pyridine rings is 6. The van der Waals surface area contributed by atoms with E-state index < -0.39 is 20.5 Å². The van der Waals surface area contributed by atoms with Gasteiger partial charge in [-0.05, 0) is 72.8 Å². The lowest BCUT2D eigenvalue weighted by molar-refractivity contribution is -1.92. The second-order valence-corrected chi connectivity index (χ2v) is 9.67. The topological polar surface area (TPSA) is 256 Å². The molecule has 0 bridgehead atoms. The number of aromatic nitrogens is 6. The second kappa shape index (κ2) is 20.2. The van der Waals surface area contributed by atoms with E-state index in [1.165, 1.54) is 0 Å².